The van der Waals surface area contributed by atoms with E-state index in [4.69, 9.17) is 0 Å². The Morgan fingerprint density at radius 2 is 0.693 bits per heavy atom. The van der Waals surface area contributed by atoms with E-state index >= 15 is 0 Å². The molecular weight excluding hydrogens is 923 g/mol. The highest BCUT2D eigenvalue weighted by Gasteiger charge is 2.40. The van der Waals surface area contributed by atoms with Crippen molar-refractivity contribution in [3.8, 4) is 66.8 Å². The van der Waals surface area contributed by atoms with E-state index in [0.717, 1.165) is 17.1 Å². The fourth-order valence-electron chi connectivity index (χ4n) is 13.5. The normalized spacial score (nSPS) is 14.9. The lowest BCUT2D eigenvalue weighted by Crippen LogP contribution is -2.19. The predicted molar refractivity (Wildman–Crippen MR) is 321 cm³/mol. The van der Waals surface area contributed by atoms with E-state index < -0.39 is 0 Å². The Hall–Kier alpha value is -8.30. The third kappa shape index (κ3) is 6.49. The van der Waals surface area contributed by atoms with Crippen LogP contribution in [0.5, 0.6) is 0 Å². The second-order valence-corrected chi connectivity index (χ2v) is 23.9. The Morgan fingerprint density at radius 1 is 0.280 bits per heavy atom. The molecule has 0 saturated heterocycles. The van der Waals surface area contributed by atoms with Crippen molar-refractivity contribution in [3.63, 3.8) is 0 Å². The number of hydrogen-bond donors (Lipinski definition) is 0. The molecule has 0 unspecified atom stereocenters. The summed E-state index contributed by atoms with van der Waals surface area (Å²) >= 11 is 1.91. The van der Waals surface area contributed by atoms with Crippen LogP contribution in [-0.2, 0) is 16.2 Å². The second-order valence-electron chi connectivity index (χ2n) is 22.9. The summed E-state index contributed by atoms with van der Waals surface area (Å²) in [4.78, 5) is 2.54. The molecule has 0 N–H and O–H groups in total. The van der Waals surface area contributed by atoms with Crippen LogP contribution in [0.1, 0.15) is 74.9 Å². The lowest BCUT2D eigenvalue weighted by molar-refractivity contribution is 0.659. The van der Waals surface area contributed by atoms with Crippen LogP contribution in [-0.4, -0.2) is 0 Å². The molecule has 11 aromatic carbocycles. The summed E-state index contributed by atoms with van der Waals surface area (Å²) in [6.07, 6.45) is 0. The molecule has 0 atom stereocenters. The number of thiophene rings is 1. The number of fused-ring (bicyclic) bond motifs is 13. The molecule has 3 aliphatic rings. The molecule has 358 valence electrons. The lowest BCUT2D eigenvalue weighted by atomic mass is 9.80. The summed E-state index contributed by atoms with van der Waals surface area (Å²) in [6, 6.07) is 85.2. The monoisotopic (exact) mass is 977 g/mol. The van der Waals surface area contributed by atoms with E-state index in [-0.39, 0.29) is 16.2 Å². The first-order chi connectivity index (χ1) is 36.4. The van der Waals surface area contributed by atoms with Crippen LogP contribution in [0.4, 0.5) is 17.1 Å². The highest BCUT2D eigenvalue weighted by molar-refractivity contribution is 7.26. The molecule has 2 heteroatoms. The van der Waals surface area contributed by atoms with Gasteiger partial charge in [0.05, 0.1) is 0 Å². The molecule has 12 aromatic rings. The molecule has 0 amide bonds. The second kappa shape index (κ2) is 15.9. The minimum atomic E-state index is -0.237. The molecule has 3 aliphatic carbocycles. The van der Waals surface area contributed by atoms with Gasteiger partial charge in [0.1, 0.15) is 0 Å². The Bertz CT molecular complexity index is 4390. The quantitative estimate of drug-likeness (QED) is 0.160. The predicted octanol–water partition coefficient (Wildman–Crippen LogP) is 20.6. The van der Waals surface area contributed by atoms with Gasteiger partial charge in [0.25, 0.3) is 0 Å². The molecule has 15 rings (SSSR count). The molecular formula is C73H55NS. The van der Waals surface area contributed by atoms with Gasteiger partial charge in [-0.2, -0.15) is 0 Å². The molecule has 0 fully saturated rings. The number of benzene rings is 11. The van der Waals surface area contributed by atoms with Crippen LogP contribution < -0.4 is 4.90 Å². The minimum Gasteiger partial charge on any atom is -0.310 e. The van der Waals surface area contributed by atoms with Crippen LogP contribution in [0.2, 0.25) is 0 Å². The molecule has 1 aromatic heterocycles. The maximum atomic E-state index is 2.54. The highest BCUT2D eigenvalue weighted by atomic mass is 32.1. The standard InChI is InChI=1S/C73H55NS/c1-71(2)63-38-48(44-15-8-7-9-16-44)25-31-55(63)58-34-28-51(41-66(58)71)74(52-29-35-59-56-32-26-49(39-64(56)72(3,4)67(59)42-52)47-24-23-45-17-10-11-18-46(45)37-47)53-30-36-60-57-33-27-50(40-65(57)73(5,6)68(60)43-53)54-20-14-21-62-61-19-12-13-22-69(61)75-70(54)62/h7-43H,1-6H3. The van der Waals surface area contributed by atoms with E-state index in [9.17, 15) is 0 Å². The fourth-order valence-corrected chi connectivity index (χ4v) is 14.8. The largest absolute Gasteiger partial charge is 0.310 e. The Kier molecular flexibility index (Phi) is 9.35. The molecule has 0 aliphatic heterocycles. The highest BCUT2D eigenvalue weighted by Crippen LogP contribution is 2.56. The van der Waals surface area contributed by atoms with Gasteiger partial charge in [-0.1, -0.05) is 199 Å². The van der Waals surface area contributed by atoms with Gasteiger partial charge in [-0.25, -0.2) is 0 Å². The zero-order valence-electron chi connectivity index (χ0n) is 43.2. The van der Waals surface area contributed by atoms with Crippen LogP contribution in [0, 0.1) is 0 Å². The van der Waals surface area contributed by atoms with Crippen molar-refractivity contribution < 1.29 is 0 Å². The first kappa shape index (κ1) is 44.2. The van der Waals surface area contributed by atoms with Crippen molar-refractivity contribution in [2.75, 3.05) is 4.90 Å². The molecule has 0 bridgehead atoms. The lowest BCUT2D eigenvalue weighted by Gasteiger charge is -2.31. The number of anilines is 3. The Morgan fingerprint density at radius 3 is 1.27 bits per heavy atom. The van der Waals surface area contributed by atoms with Crippen molar-refractivity contribution >= 4 is 59.3 Å². The molecule has 75 heavy (non-hydrogen) atoms. The summed E-state index contributed by atoms with van der Waals surface area (Å²) in [5, 5.41) is 5.20. The molecule has 0 saturated carbocycles. The van der Waals surface area contributed by atoms with Gasteiger partial charge in [-0.3, -0.25) is 0 Å². The average Bonchev–Trinajstić information content (AvgIpc) is 4.11. The van der Waals surface area contributed by atoms with E-state index in [0.29, 0.717) is 0 Å². The van der Waals surface area contributed by atoms with Gasteiger partial charge in [-0.15, -0.1) is 11.3 Å². The van der Waals surface area contributed by atoms with E-state index in [1.165, 1.54) is 131 Å². The van der Waals surface area contributed by atoms with Crippen LogP contribution in [0.3, 0.4) is 0 Å². The summed E-state index contributed by atoms with van der Waals surface area (Å²) < 4.78 is 2.69. The van der Waals surface area contributed by atoms with Gasteiger partial charge in [0, 0.05) is 53.5 Å². The third-order valence-electron chi connectivity index (χ3n) is 17.7. The Balaban J connectivity index is 0.857. The van der Waals surface area contributed by atoms with Gasteiger partial charge >= 0.3 is 0 Å². The van der Waals surface area contributed by atoms with Gasteiger partial charge < -0.3 is 4.90 Å². The van der Waals surface area contributed by atoms with E-state index in [2.05, 4.69) is 271 Å². The van der Waals surface area contributed by atoms with Gasteiger partial charge in [-0.05, 0) is 178 Å². The summed E-state index contributed by atoms with van der Waals surface area (Å²) in [7, 11) is 0. The first-order valence-electron chi connectivity index (χ1n) is 26.6. The zero-order valence-corrected chi connectivity index (χ0v) is 44.0. The topological polar surface area (TPSA) is 3.24 Å². The van der Waals surface area contributed by atoms with Crippen LogP contribution >= 0.6 is 11.3 Å². The third-order valence-corrected chi connectivity index (χ3v) is 18.9. The van der Waals surface area contributed by atoms with Crippen LogP contribution in [0.15, 0.2) is 224 Å². The van der Waals surface area contributed by atoms with Crippen molar-refractivity contribution in [2.45, 2.75) is 57.8 Å². The Labute approximate surface area is 444 Å². The van der Waals surface area contributed by atoms with Crippen molar-refractivity contribution in [2.24, 2.45) is 0 Å². The van der Waals surface area contributed by atoms with Crippen molar-refractivity contribution in [3.05, 3.63) is 258 Å². The maximum absolute atomic E-state index is 2.54. The number of nitrogens with zero attached hydrogens (tertiary/aromatic N) is 1. The molecule has 0 radical (unpaired) electrons. The van der Waals surface area contributed by atoms with E-state index in [1.54, 1.807) is 0 Å². The summed E-state index contributed by atoms with van der Waals surface area (Å²) in [6.45, 7) is 14.5. The number of rotatable bonds is 6. The molecule has 1 nitrogen and oxygen atoms in total. The molecule has 0 spiro atoms. The van der Waals surface area contributed by atoms with Crippen LogP contribution in [0.25, 0.3) is 97.7 Å². The minimum absolute atomic E-state index is 0.207. The fraction of sp³-hybridized carbons (Fsp3) is 0.123. The maximum Gasteiger partial charge on any atom is 0.0465 e. The van der Waals surface area contributed by atoms with Gasteiger partial charge in [0.2, 0.25) is 0 Å². The average molecular weight is 978 g/mol. The zero-order chi connectivity index (χ0) is 50.5. The number of hydrogen-bond acceptors (Lipinski definition) is 2. The smallest absolute Gasteiger partial charge is 0.0465 e. The summed E-state index contributed by atoms with van der Waals surface area (Å²) in [5.74, 6) is 0. The SMILES string of the molecule is CC1(C)c2cc(-c3ccccc3)ccc2-c2ccc(N(c3ccc4c(c3)C(C)(C)c3cc(-c5ccc6ccccc6c5)ccc3-4)c3ccc4c(c3)C(C)(C)c3cc(-c5cccc6c5sc5ccccc56)ccc3-4)cc21. The summed E-state index contributed by atoms with van der Waals surface area (Å²) in [5.41, 5.74) is 26.5. The first-order valence-corrected chi connectivity index (χ1v) is 27.4. The van der Waals surface area contributed by atoms with Crippen molar-refractivity contribution in [1.82, 2.24) is 0 Å². The van der Waals surface area contributed by atoms with Gasteiger partial charge in [0.15, 0.2) is 0 Å². The van der Waals surface area contributed by atoms with Crippen molar-refractivity contribution in [1.29, 1.82) is 0 Å². The molecule has 1 heterocycles. The van der Waals surface area contributed by atoms with E-state index in [1.807, 2.05) is 11.3 Å².